The summed E-state index contributed by atoms with van der Waals surface area (Å²) in [5.74, 6) is 0.219. The molecule has 3 nitrogen and oxygen atoms in total. The Labute approximate surface area is 95.1 Å². The molecule has 0 aliphatic carbocycles. The van der Waals surface area contributed by atoms with Crippen LogP contribution in [0, 0.1) is 6.92 Å². The van der Waals surface area contributed by atoms with Crippen molar-refractivity contribution in [3.63, 3.8) is 0 Å². The molecule has 1 aromatic rings. The van der Waals surface area contributed by atoms with Crippen LogP contribution in [0.5, 0.6) is 0 Å². The Morgan fingerprint density at radius 3 is 2.88 bits per heavy atom. The predicted octanol–water partition coefficient (Wildman–Crippen LogP) is 2.32. The van der Waals surface area contributed by atoms with Gasteiger partial charge in [-0.25, -0.2) is 0 Å². The van der Waals surface area contributed by atoms with Crippen LogP contribution < -0.4 is 4.90 Å². The molecule has 1 amide bonds. The second-order valence-electron chi connectivity index (χ2n) is 4.09. The van der Waals surface area contributed by atoms with Crippen LogP contribution in [0.4, 0.5) is 5.69 Å². The molecule has 0 N–H and O–H groups in total. The van der Waals surface area contributed by atoms with Crippen molar-refractivity contribution in [1.82, 2.24) is 0 Å². The van der Waals surface area contributed by atoms with E-state index in [1.165, 1.54) is 0 Å². The first-order chi connectivity index (χ1) is 7.63. The monoisotopic (exact) mass is 217 g/mol. The molecule has 1 aromatic carbocycles. The molecule has 0 spiro atoms. The van der Waals surface area contributed by atoms with Crippen molar-refractivity contribution in [3.05, 3.63) is 29.3 Å². The van der Waals surface area contributed by atoms with E-state index in [4.69, 9.17) is 0 Å². The minimum absolute atomic E-state index is 0.0811. The van der Waals surface area contributed by atoms with E-state index in [0.717, 1.165) is 11.3 Å². The summed E-state index contributed by atoms with van der Waals surface area (Å²) in [6.07, 6.45) is 0.906. The van der Waals surface area contributed by atoms with Crippen molar-refractivity contribution in [3.8, 4) is 0 Å². The molecule has 1 heterocycles. The highest BCUT2D eigenvalue weighted by atomic mass is 16.2. The van der Waals surface area contributed by atoms with Crippen LogP contribution in [-0.4, -0.2) is 18.2 Å². The predicted molar refractivity (Wildman–Crippen MR) is 62.8 cm³/mol. The van der Waals surface area contributed by atoms with Crippen LogP contribution in [0.1, 0.15) is 35.7 Å². The zero-order chi connectivity index (χ0) is 11.7. The minimum Gasteiger partial charge on any atom is -0.311 e. The number of benzene rings is 1. The van der Waals surface area contributed by atoms with E-state index < -0.39 is 0 Å². The van der Waals surface area contributed by atoms with Gasteiger partial charge in [0.25, 0.3) is 0 Å². The van der Waals surface area contributed by atoms with Crippen LogP contribution in [0.2, 0.25) is 0 Å². The number of carbonyl (C=O) groups is 2. The van der Waals surface area contributed by atoms with Crippen molar-refractivity contribution >= 4 is 17.4 Å². The first kappa shape index (κ1) is 10.9. The summed E-state index contributed by atoms with van der Waals surface area (Å²) in [6.45, 7) is 4.31. The second kappa shape index (κ2) is 4.08. The summed E-state index contributed by atoms with van der Waals surface area (Å²) < 4.78 is 0. The molecule has 0 atom stereocenters. The second-order valence-corrected chi connectivity index (χ2v) is 4.09. The Morgan fingerprint density at radius 1 is 1.44 bits per heavy atom. The maximum absolute atomic E-state index is 11.8. The third kappa shape index (κ3) is 1.73. The lowest BCUT2D eigenvalue weighted by Gasteiger charge is -2.28. The highest BCUT2D eigenvalue weighted by Crippen LogP contribution is 2.28. The van der Waals surface area contributed by atoms with E-state index in [1.54, 1.807) is 4.90 Å². The maximum Gasteiger partial charge on any atom is 0.226 e. The molecule has 0 fully saturated rings. The third-order valence-electron chi connectivity index (χ3n) is 2.91. The quantitative estimate of drug-likeness (QED) is 0.724. The molecule has 0 unspecified atom stereocenters. The molecule has 3 heteroatoms. The number of aryl methyl sites for hydroxylation is 1. The van der Waals surface area contributed by atoms with Crippen LogP contribution in [-0.2, 0) is 4.79 Å². The van der Waals surface area contributed by atoms with Gasteiger partial charge in [-0.15, -0.1) is 0 Å². The van der Waals surface area contributed by atoms with Gasteiger partial charge in [0.1, 0.15) is 0 Å². The standard InChI is InChI=1S/C13H15NO2/c1-3-13(16)14-7-6-12(15)10-8-9(2)4-5-11(10)14/h4-5,8H,3,6-7H2,1-2H3. The fourth-order valence-electron chi connectivity index (χ4n) is 2.03. The zero-order valence-corrected chi connectivity index (χ0v) is 9.62. The smallest absolute Gasteiger partial charge is 0.226 e. The summed E-state index contributed by atoms with van der Waals surface area (Å²) in [5, 5.41) is 0. The van der Waals surface area contributed by atoms with Crippen LogP contribution in [0.15, 0.2) is 18.2 Å². The number of hydrogen-bond donors (Lipinski definition) is 0. The van der Waals surface area contributed by atoms with Crippen molar-refractivity contribution in [2.24, 2.45) is 0 Å². The number of Topliss-reactive ketones (excluding diaryl/α,β-unsaturated/α-hetero) is 1. The normalized spacial score (nSPS) is 14.9. The van der Waals surface area contributed by atoms with Crippen molar-refractivity contribution in [2.75, 3.05) is 11.4 Å². The topological polar surface area (TPSA) is 37.4 Å². The van der Waals surface area contributed by atoms with E-state index in [2.05, 4.69) is 0 Å². The van der Waals surface area contributed by atoms with E-state index in [-0.39, 0.29) is 11.7 Å². The number of carbonyl (C=O) groups excluding carboxylic acids is 2. The van der Waals surface area contributed by atoms with Gasteiger partial charge >= 0.3 is 0 Å². The fourth-order valence-corrected chi connectivity index (χ4v) is 2.03. The summed E-state index contributed by atoms with van der Waals surface area (Å²) >= 11 is 0. The Balaban J connectivity index is 2.48. The van der Waals surface area contributed by atoms with Crippen LogP contribution in [0.25, 0.3) is 0 Å². The molecule has 1 aliphatic heterocycles. The molecular formula is C13H15NO2. The van der Waals surface area contributed by atoms with Crippen LogP contribution in [0.3, 0.4) is 0 Å². The van der Waals surface area contributed by atoms with Gasteiger partial charge in [0.2, 0.25) is 5.91 Å². The average Bonchev–Trinajstić information content (AvgIpc) is 2.29. The molecule has 1 aliphatic rings. The number of nitrogens with zero attached hydrogens (tertiary/aromatic N) is 1. The van der Waals surface area contributed by atoms with Gasteiger partial charge in [0.05, 0.1) is 5.69 Å². The molecule has 0 bridgehead atoms. The Kier molecular flexibility index (Phi) is 2.77. The molecule has 2 rings (SSSR count). The SMILES string of the molecule is CCC(=O)N1CCC(=O)c2cc(C)ccc21. The largest absolute Gasteiger partial charge is 0.311 e. The summed E-state index contributed by atoms with van der Waals surface area (Å²) in [6, 6.07) is 5.68. The van der Waals surface area contributed by atoms with Gasteiger partial charge < -0.3 is 4.90 Å². The molecule has 84 valence electrons. The molecule has 0 saturated carbocycles. The summed E-state index contributed by atoms with van der Waals surface area (Å²) in [5.41, 5.74) is 2.51. The van der Waals surface area contributed by atoms with Gasteiger partial charge in [-0.2, -0.15) is 0 Å². The van der Waals surface area contributed by atoms with Gasteiger partial charge in [-0.1, -0.05) is 18.6 Å². The summed E-state index contributed by atoms with van der Waals surface area (Å²) in [4.78, 5) is 25.2. The Bertz CT molecular complexity index is 451. The van der Waals surface area contributed by atoms with Gasteiger partial charge in [-0.05, 0) is 19.1 Å². The van der Waals surface area contributed by atoms with E-state index in [0.29, 0.717) is 24.9 Å². The maximum atomic E-state index is 11.8. The minimum atomic E-state index is 0.0811. The lowest BCUT2D eigenvalue weighted by Crippen LogP contribution is -2.36. The Hall–Kier alpha value is -1.64. The van der Waals surface area contributed by atoms with Crippen molar-refractivity contribution < 1.29 is 9.59 Å². The van der Waals surface area contributed by atoms with Crippen molar-refractivity contribution in [1.29, 1.82) is 0 Å². The number of fused-ring (bicyclic) bond motifs is 1. The van der Waals surface area contributed by atoms with Crippen molar-refractivity contribution in [2.45, 2.75) is 26.7 Å². The lowest BCUT2D eigenvalue weighted by atomic mass is 9.98. The number of anilines is 1. The number of amides is 1. The van der Waals surface area contributed by atoms with Gasteiger partial charge in [0.15, 0.2) is 5.78 Å². The number of hydrogen-bond acceptors (Lipinski definition) is 2. The molecule has 16 heavy (non-hydrogen) atoms. The van der Waals surface area contributed by atoms with Gasteiger partial charge in [-0.3, -0.25) is 9.59 Å². The Morgan fingerprint density at radius 2 is 2.19 bits per heavy atom. The summed E-state index contributed by atoms with van der Waals surface area (Å²) in [7, 11) is 0. The first-order valence-electron chi connectivity index (χ1n) is 5.57. The lowest BCUT2D eigenvalue weighted by molar-refractivity contribution is -0.118. The van der Waals surface area contributed by atoms with E-state index >= 15 is 0 Å². The first-order valence-corrected chi connectivity index (χ1v) is 5.57. The van der Waals surface area contributed by atoms with E-state index in [9.17, 15) is 9.59 Å². The highest BCUT2D eigenvalue weighted by Gasteiger charge is 2.26. The molecule has 0 aromatic heterocycles. The highest BCUT2D eigenvalue weighted by molar-refractivity contribution is 6.08. The average molecular weight is 217 g/mol. The van der Waals surface area contributed by atoms with Crippen LogP contribution >= 0.6 is 0 Å². The van der Waals surface area contributed by atoms with E-state index in [1.807, 2.05) is 32.0 Å². The molecule has 0 radical (unpaired) electrons. The third-order valence-corrected chi connectivity index (χ3v) is 2.91. The van der Waals surface area contributed by atoms with Gasteiger partial charge in [0, 0.05) is 24.9 Å². The zero-order valence-electron chi connectivity index (χ0n) is 9.62. The fraction of sp³-hybridized carbons (Fsp3) is 0.385. The molecule has 0 saturated heterocycles. The molecular weight excluding hydrogens is 202 g/mol. The number of ketones is 1. The number of rotatable bonds is 1.